The van der Waals surface area contributed by atoms with E-state index in [2.05, 4.69) is 20.5 Å². The van der Waals surface area contributed by atoms with Gasteiger partial charge in [0.15, 0.2) is 12.4 Å². The van der Waals surface area contributed by atoms with Gasteiger partial charge >= 0.3 is 0 Å². The van der Waals surface area contributed by atoms with Crippen molar-refractivity contribution in [1.29, 1.82) is 0 Å². The van der Waals surface area contributed by atoms with Crippen LogP contribution in [0.15, 0.2) is 67.1 Å². The summed E-state index contributed by atoms with van der Waals surface area (Å²) < 4.78 is 22.2. The minimum Gasteiger partial charge on any atom is -0.471 e. The standard InChI is InChI=1S/C20H16ClFN6O2/c21-15-5-7-16(8-6-15)30-13-27-10-9-18(25-27)19(29)24-20-23-12-28(26-20)11-14-3-1-2-4-17(14)22/h1-10,12H,11,13H2,(H,24,26,29). The Morgan fingerprint density at radius 1 is 1.07 bits per heavy atom. The summed E-state index contributed by atoms with van der Waals surface area (Å²) in [7, 11) is 0. The first-order valence-corrected chi connectivity index (χ1v) is 9.31. The molecule has 2 heterocycles. The van der Waals surface area contributed by atoms with Crippen LogP contribution in [0.2, 0.25) is 5.02 Å². The van der Waals surface area contributed by atoms with Gasteiger partial charge in [-0.3, -0.25) is 10.1 Å². The number of benzene rings is 2. The minimum atomic E-state index is -0.469. The lowest BCUT2D eigenvalue weighted by atomic mass is 10.2. The molecule has 0 unspecified atom stereocenters. The predicted octanol–water partition coefficient (Wildman–Crippen LogP) is 3.60. The van der Waals surface area contributed by atoms with Gasteiger partial charge in [-0.15, -0.1) is 5.10 Å². The highest BCUT2D eigenvalue weighted by Gasteiger charge is 2.13. The number of rotatable bonds is 7. The zero-order valence-corrected chi connectivity index (χ0v) is 16.3. The van der Waals surface area contributed by atoms with Crippen molar-refractivity contribution in [3.8, 4) is 5.75 Å². The smallest absolute Gasteiger partial charge is 0.278 e. The van der Waals surface area contributed by atoms with Crippen LogP contribution in [0.5, 0.6) is 5.75 Å². The fourth-order valence-electron chi connectivity index (χ4n) is 2.62. The zero-order valence-electron chi connectivity index (χ0n) is 15.6. The molecule has 0 saturated heterocycles. The lowest BCUT2D eigenvalue weighted by Crippen LogP contribution is -2.15. The number of amides is 1. The number of aromatic nitrogens is 5. The van der Waals surface area contributed by atoms with E-state index in [0.717, 1.165) is 0 Å². The lowest BCUT2D eigenvalue weighted by molar-refractivity contribution is 0.101. The van der Waals surface area contributed by atoms with E-state index in [0.29, 0.717) is 16.3 Å². The molecule has 1 N–H and O–H groups in total. The van der Waals surface area contributed by atoms with E-state index in [1.54, 1.807) is 54.7 Å². The molecule has 0 fully saturated rings. The summed E-state index contributed by atoms with van der Waals surface area (Å²) in [5, 5.41) is 11.5. The molecule has 4 rings (SSSR count). The monoisotopic (exact) mass is 426 g/mol. The fourth-order valence-corrected chi connectivity index (χ4v) is 2.75. The topological polar surface area (TPSA) is 86.9 Å². The van der Waals surface area contributed by atoms with Gasteiger partial charge in [0.1, 0.15) is 17.9 Å². The summed E-state index contributed by atoms with van der Waals surface area (Å²) >= 11 is 5.84. The molecule has 2 aromatic heterocycles. The second-order valence-corrected chi connectivity index (χ2v) is 6.72. The van der Waals surface area contributed by atoms with E-state index in [1.165, 1.54) is 21.8 Å². The summed E-state index contributed by atoms with van der Waals surface area (Å²) in [6, 6.07) is 14.9. The third-order valence-corrected chi connectivity index (χ3v) is 4.35. The van der Waals surface area contributed by atoms with Crippen molar-refractivity contribution in [2.75, 3.05) is 5.32 Å². The Balaban J connectivity index is 1.34. The van der Waals surface area contributed by atoms with Crippen LogP contribution in [-0.2, 0) is 13.3 Å². The van der Waals surface area contributed by atoms with Crippen LogP contribution in [-0.4, -0.2) is 30.5 Å². The summed E-state index contributed by atoms with van der Waals surface area (Å²) in [6.45, 7) is 0.330. The van der Waals surface area contributed by atoms with Gasteiger partial charge in [0.2, 0.25) is 5.95 Å². The van der Waals surface area contributed by atoms with Crippen LogP contribution in [0.25, 0.3) is 0 Å². The van der Waals surface area contributed by atoms with Gasteiger partial charge < -0.3 is 4.74 Å². The molecule has 152 valence electrons. The van der Waals surface area contributed by atoms with Gasteiger partial charge in [0, 0.05) is 16.8 Å². The number of nitrogens with one attached hydrogen (secondary N) is 1. The molecule has 0 bridgehead atoms. The first-order chi connectivity index (χ1) is 14.6. The molecule has 0 saturated carbocycles. The van der Waals surface area contributed by atoms with E-state index >= 15 is 0 Å². The van der Waals surface area contributed by atoms with E-state index < -0.39 is 5.91 Å². The van der Waals surface area contributed by atoms with Crippen LogP contribution < -0.4 is 10.1 Å². The highest BCUT2D eigenvalue weighted by atomic mass is 35.5. The number of hydrogen-bond acceptors (Lipinski definition) is 5. The second-order valence-electron chi connectivity index (χ2n) is 6.28. The molecule has 0 spiro atoms. The zero-order chi connectivity index (χ0) is 20.9. The largest absolute Gasteiger partial charge is 0.471 e. The molecule has 4 aromatic rings. The quantitative estimate of drug-likeness (QED) is 0.488. The average Bonchev–Trinajstić information content (AvgIpc) is 3.39. The molecule has 8 nitrogen and oxygen atoms in total. The van der Waals surface area contributed by atoms with Crippen LogP contribution in [0.4, 0.5) is 10.3 Å². The normalized spacial score (nSPS) is 10.7. The molecular formula is C20H16ClFN6O2. The van der Waals surface area contributed by atoms with Gasteiger partial charge in [-0.25, -0.2) is 18.7 Å². The molecule has 0 aliphatic carbocycles. The number of carbonyl (C=O) groups excluding carboxylic acids is 1. The van der Waals surface area contributed by atoms with Crippen molar-refractivity contribution in [2.24, 2.45) is 0 Å². The third kappa shape index (κ3) is 4.81. The minimum absolute atomic E-state index is 0.100. The summed E-state index contributed by atoms with van der Waals surface area (Å²) in [4.78, 5) is 16.4. The van der Waals surface area contributed by atoms with E-state index in [4.69, 9.17) is 16.3 Å². The predicted molar refractivity (Wildman–Crippen MR) is 108 cm³/mol. The molecule has 1 amide bonds. The Morgan fingerprint density at radius 3 is 2.67 bits per heavy atom. The highest BCUT2D eigenvalue weighted by molar-refractivity contribution is 6.30. The Hall–Kier alpha value is -3.72. The van der Waals surface area contributed by atoms with Gasteiger partial charge in [0.05, 0.1) is 6.54 Å². The lowest BCUT2D eigenvalue weighted by Gasteiger charge is -2.05. The molecule has 0 radical (unpaired) electrons. The molecule has 0 aliphatic rings. The van der Waals surface area contributed by atoms with Gasteiger partial charge in [-0.2, -0.15) is 5.10 Å². The average molecular weight is 427 g/mol. The molecule has 2 aromatic carbocycles. The Bertz CT molecular complexity index is 1160. The van der Waals surface area contributed by atoms with E-state index in [9.17, 15) is 9.18 Å². The number of anilines is 1. The summed E-state index contributed by atoms with van der Waals surface area (Å²) in [6.07, 6.45) is 3.04. The highest BCUT2D eigenvalue weighted by Crippen LogP contribution is 2.16. The van der Waals surface area contributed by atoms with Crippen LogP contribution in [0.3, 0.4) is 0 Å². The first kappa shape index (κ1) is 19.6. The van der Waals surface area contributed by atoms with Crippen molar-refractivity contribution in [3.05, 3.63) is 89.2 Å². The van der Waals surface area contributed by atoms with Gasteiger partial charge in [-0.05, 0) is 36.4 Å². The first-order valence-electron chi connectivity index (χ1n) is 8.93. The van der Waals surface area contributed by atoms with Crippen LogP contribution in [0, 0.1) is 5.82 Å². The van der Waals surface area contributed by atoms with E-state index in [1.807, 2.05) is 0 Å². The number of carbonyl (C=O) groups is 1. The molecular weight excluding hydrogens is 411 g/mol. The van der Waals surface area contributed by atoms with E-state index in [-0.39, 0.29) is 30.7 Å². The maximum Gasteiger partial charge on any atom is 0.278 e. The number of ether oxygens (including phenoxy) is 1. The maximum absolute atomic E-state index is 13.7. The van der Waals surface area contributed by atoms with Crippen molar-refractivity contribution in [2.45, 2.75) is 13.3 Å². The Morgan fingerprint density at radius 2 is 1.87 bits per heavy atom. The van der Waals surface area contributed by atoms with Crippen molar-refractivity contribution in [1.82, 2.24) is 24.5 Å². The summed E-state index contributed by atoms with van der Waals surface area (Å²) in [5.74, 6) is -0.0670. The Kier molecular flexibility index (Phi) is 5.71. The second kappa shape index (κ2) is 8.75. The molecule has 0 atom stereocenters. The number of nitrogens with zero attached hydrogens (tertiary/aromatic N) is 5. The molecule has 10 heteroatoms. The number of hydrogen-bond donors (Lipinski definition) is 1. The molecule has 30 heavy (non-hydrogen) atoms. The maximum atomic E-state index is 13.7. The Labute approximate surface area is 175 Å². The van der Waals surface area contributed by atoms with Crippen molar-refractivity contribution < 1.29 is 13.9 Å². The fraction of sp³-hybridized carbons (Fsp3) is 0.100. The SMILES string of the molecule is O=C(Nc1ncn(Cc2ccccc2F)n1)c1ccn(COc2ccc(Cl)cc2)n1. The van der Waals surface area contributed by atoms with Crippen molar-refractivity contribution in [3.63, 3.8) is 0 Å². The van der Waals surface area contributed by atoms with Crippen LogP contribution >= 0.6 is 11.6 Å². The van der Waals surface area contributed by atoms with Crippen LogP contribution in [0.1, 0.15) is 16.1 Å². The van der Waals surface area contributed by atoms with Crippen molar-refractivity contribution >= 4 is 23.5 Å². The van der Waals surface area contributed by atoms with Gasteiger partial charge in [-0.1, -0.05) is 29.8 Å². The molecule has 0 aliphatic heterocycles. The third-order valence-electron chi connectivity index (χ3n) is 4.10. The van der Waals surface area contributed by atoms with Gasteiger partial charge in [0.25, 0.3) is 5.91 Å². The summed E-state index contributed by atoms with van der Waals surface area (Å²) in [5.41, 5.74) is 0.653. The number of halogens is 2.